The summed E-state index contributed by atoms with van der Waals surface area (Å²) in [5, 5.41) is 3.76. The van der Waals surface area contributed by atoms with Crippen molar-refractivity contribution in [3.63, 3.8) is 0 Å². The lowest BCUT2D eigenvalue weighted by Crippen LogP contribution is -2.18. The third-order valence-corrected chi connectivity index (χ3v) is 1.76. The minimum absolute atomic E-state index is 0.313. The van der Waals surface area contributed by atoms with E-state index in [0.29, 0.717) is 5.71 Å². The summed E-state index contributed by atoms with van der Waals surface area (Å²) in [4.78, 5) is 10.7. The third-order valence-electron chi connectivity index (χ3n) is 1.76. The lowest BCUT2D eigenvalue weighted by atomic mass is 10.1. The highest BCUT2D eigenvalue weighted by atomic mass is 19.1. The summed E-state index contributed by atoms with van der Waals surface area (Å²) < 4.78 is 16.9. The van der Waals surface area contributed by atoms with Crippen molar-refractivity contribution >= 4 is 11.8 Å². The van der Waals surface area contributed by atoms with E-state index in [1.807, 2.05) is 0 Å². The fourth-order valence-electron chi connectivity index (χ4n) is 0.931. The van der Waals surface area contributed by atoms with Crippen molar-refractivity contribution in [2.45, 2.75) is 6.92 Å². The maximum Gasteiger partial charge on any atom is 0.427 e. The average Bonchev–Trinajstić information content (AvgIpc) is 2.26. The Morgan fingerprint density at radius 1 is 1.40 bits per heavy atom. The Morgan fingerprint density at radius 2 is 2.00 bits per heavy atom. The minimum Gasteiger partial charge on any atom is -0.452 e. The standard InChI is InChI=1S/C10H11FN2O2/c1-7(12-13-10(14)15-2)8-3-5-9(11)6-4-8/h3-6H,1-2H3,(H,13,14). The van der Waals surface area contributed by atoms with Crippen LogP contribution in [0.2, 0.25) is 0 Å². The highest BCUT2D eigenvalue weighted by molar-refractivity contribution is 5.98. The van der Waals surface area contributed by atoms with E-state index in [1.165, 1.54) is 19.2 Å². The van der Waals surface area contributed by atoms with Crippen LogP contribution >= 0.6 is 0 Å². The second-order valence-electron chi connectivity index (χ2n) is 2.81. The van der Waals surface area contributed by atoms with Crippen molar-refractivity contribution in [1.82, 2.24) is 5.43 Å². The quantitative estimate of drug-likeness (QED) is 0.598. The van der Waals surface area contributed by atoms with Crippen LogP contribution in [-0.4, -0.2) is 18.9 Å². The number of nitrogens with one attached hydrogen (secondary N) is 1. The van der Waals surface area contributed by atoms with Gasteiger partial charge in [-0.3, -0.25) is 0 Å². The first kappa shape index (κ1) is 11.2. The molecule has 4 nitrogen and oxygen atoms in total. The van der Waals surface area contributed by atoms with E-state index < -0.39 is 6.09 Å². The Kier molecular flexibility index (Phi) is 3.79. The molecule has 0 saturated heterocycles. The topological polar surface area (TPSA) is 50.7 Å². The van der Waals surface area contributed by atoms with Crippen LogP contribution < -0.4 is 5.43 Å². The molecule has 1 amide bonds. The molecule has 0 radical (unpaired) electrons. The summed E-state index contributed by atoms with van der Waals surface area (Å²) in [6.07, 6.45) is -0.642. The molecule has 0 bridgehead atoms. The van der Waals surface area contributed by atoms with Crippen LogP contribution in [0.4, 0.5) is 9.18 Å². The van der Waals surface area contributed by atoms with Crippen LogP contribution in [0.1, 0.15) is 12.5 Å². The molecule has 0 spiro atoms. The zero-order valence-corrected chi connectivity index (χ0v) is 8.45. The van der Waals surface area contributed by atoms with Gasteiger partial charge in [0.15, 0.2) is 0 Å². The molecule has 80 valence electrons. The van der Waals surface area contributed by atoms with Gasteiger partial charge in [-0.05, 0) is 24.6 Å². The molecular weight excluding hydrogens is 199 g/mol. The van der Waals surface area contributed by atoms with Crippen molar-refractivity contribution in [2.75, 3.05) is 7.11 Å². The van der Waals surface area contributed by atoms with Crippen molar-refractivity contribution in [2.24, 2.45) is 5.10 Å². The molecular formula is C10H11FN2O2. The van der Waals surface area contributed by atoms with Crippen LogP contribution in [-0.2, 0) is 4.74 Å². The van der Waals surface area contributed by atoms with Gasteiger partial charge in [0, 0.05) is 0 Å². The number of halogens is 1. The van der Waals surface area contributed by atoms with Crippen molar-refractivity contribution in [3.05, 3.63) is 35.6 Å². The molecule has 0 aliphatic rings. The van der Waals surface area contributed by atoms with Crippen molar-refractivity contribution < 1.29 is 13.9 Å². The van der Waals surface area contributed by atoms with Crippen LogP contribution in [0.25, 0.3) is 0 Å². The number of carbonyl (C=O) groups is 1. The van der Waals surface area contributed by atoms with Crippen LogP contribution in [0, 0.1) is 5.82 Å². The SMILES string of the molecule is COC(=O)NN=C(C)c1ccc(F)cc1. The lowest BCUT2D eigenvalue weighted by molar-refractivity contribution is 0.171. The van der Waals surface area contributed by atoms with Crippen LogP contribution in [0.5, 0.6) is 0 Å². The van der Waals surface area contributed by atoms with Gasteiger partial charge in [0.25, 0.3) is 0 Å². The number of hydrogen-bond acceptors (Lipinski definition) is 3. The first-order valence-electron chi connectivity index (χ1n) is 4.27. The summed E-state index contributed by atoms with van der Waals surface area (Å²) in [5.74, 6) is -0.313. The number of hydrogen-bond donors (Lipinski definition) is 1. The summed E-state index contributed by atoms with van der Waals surface area (Å²) >= 11 is 0. The molecule has 1 aromatic rings. The summed E-state index contributed by atoms with van der Waals surface area (Å²) in [6.45, 7) is 1.70. The fraction of sp³-hybridized carbons (Fsp3) is 0.200. The normalized spacial score (nSPS) is 11.0. The highest BCUT2D eigenvalue weighted by Crippen LogP contribution is 2.03. The number of rotatable bonds is 2. The summed E-state index contributed by atoms with van der Waals surface area (Å²) in [5.41, 5.74) is 3.48. The van der Waals surface area contributed by atoms with Crippen molar-refractivity contribution in [1.29, 1.82) is 0 Å². The van der Waals surface area contributed by atoms with Gasteiger partial charge in [-0.15, -0.1) is 0 Å². The molecule has 0 saturated carbocycles. The maximum atomic E-state index is 12.6. The number of benzene rings is 1. The zero-order chi connectivity index (χ0) is 11.3. The fourth-order valence-corrected chi connectivity index (χ4v) is 0.931. The Balaban J connectivity index is 2.71. The van der Waals surface area contributed by atoms with Gasteiger partial charge < -0.3 is 4.74 Å². The zero-order valence-electron chi connectivity index (χ0n) is 8.45. The molecule has 5 heteroatoms. The van der Waals surface area contributed by atoms with E-state index in [2.05, 4.69) is 15.3 Å². The van der Waals surface area contributed by atoms with Gasteiger partial charge in [-0.25, -0.2) is 14.6 Å². The molecule has 0 aromatic heterocycles. The second-order valence-corrected chi connectivity index (χ2v) is 2.81. The van der Waals surface area contributed by atoms with E-state index in [-0.39, 0.29) is 5.82 Å². The number of amides is 1. The largest absolute Gasteiger partial charge is 0.452 e. The number of methoxy groups -OCH3 is 1. The van der Waals surface area contributed by atoms with E-state index >= 15 is 0 Å². The Bertz CT molecular complexity index is 374. The number of ether oxygens (including phenoxy) is 1. The smallest absolute Gasteiger partial charge is 0.427 e. The molecule has 1 N–H and O–H groups in total. The molecule has 0 fully saturated rings. The molecule has 0 atom stereocenters. The van der Waals surface area contributed by atoms with E-state index in [9.17, 15) is 9.18 Å². The molecule has 0 heterocycles. The summed E-state index contributed by atoms with van der Waals surface area (Å²) in [7, 11) is 1.25. The van der Waals surface area contributed by atoms with Crippen molar-refractivity contribution in [3.8, 4) is 0 Å². The third kappa shape index (κ3) is 3.38. The monoisotopic (exact) mass is 210 g/mol. The van der Waals surface area contributed by atoms with Gasteiger partial charge in [0.1, 0.15) is 5.82 Å². The molecule has 15 heavy (non-hydrogen) atoms. The highest BCUT2D eigenvalue weighted by Gasteiger charge is 1.99. The van der Waals surface area contributed by atoms with Crippen LogP contribution in [0.3, 0.4) is 0 Å². The van der Waals surface area contributed by atoms with Gasteiger partial charge in [0.05, 0.1) is 12.8 Å². The second kappa shape index (κ2) is 5.09. The number of hydrazone groups is 1. The molecule has 1 aromatic carbocycles. The van der Waals surface area contributed by atoms with Crippen LogP contribution in [0.15, 0.2) is 29.4 Å². The Hall–Kier alpha value is -1.91. The van der Waals surface area contributed by atoms with E-state index in [1.54, 1.807) is 19.1 Å². The number of nitrogens with zero attached hydrogens (tertiary/aromatic N) is 1. The Morgan fingerprint density at radius 3 is 2.53 bits per heavy atom. The first-order chi connectivity index (χ1) is 7.13. The van der Waals surface area contributed by atoms with Gasteiger partial charge in [0.2, 0.25) is 0 Å². The summed E-state index contributed by atoms with van der Waals surface area (Å²) in [6, 6.07) is 5.80. The van der Waals surface area contributed by atoms with Gasteiger partial charge in [-0.1, -0.05) is 12.1 Å². The maximum absolute atomic E-state index is 12.6. The molecule has 0 unspecified atom stereocenters. The lowest BCUT2D eigenvalue weighted by Gasteiger charge is -2.01. The van der Waals surface area contributed by atoms with Gasteiger partial charge >= 0.3 is 6.09 Å². The predicted molar refractivity (Wildman–Crippen MR) is 54.2 cm³/mol. The average molecular weight is 210 g/mol. The van der Waals surface area contributed by atoms with E-state index in [4.69, 9.17) is 0 Å². The molecule has 1 rings (SSSR count). The Labute approximate surface area is 86.7 Å². The van der Waals surface area contributed by atoms with Gasteiger partial charge in [-0.2, -0.15) is 5.10 Å². The number of carbonyl (C=O) groups excluding carboxylic acids is 1. The molecule has 0 aliphatic heterocycles. The van der Waals surface area contributed by atoms with E-state index in [0.717, 1.165) is 5.56 Å². The first-order valence-corrected chi connectivity index (χ1v) is 4.27. The predicted octanol–water partition coefficient (Wildman–Crippen LogP) is 1.91. The minimum atomic E-state index is -0.642. The molecule has 0 aliphatic carbocycles.